The Labute approximate surface area is 119 Å². The van der Waals surface area contributed by atoms with Crippen molar-refractivity contribution in [1.82, 2.24) is 0 Å². The lowest BCUT2D eigenvalue weighted by Crippen LogP contribution is -1.98. The molecule has 2 aromatic rings. The SMILES string of the molecule is CCC(C)c1ccc(C(Cl)c2ccccc2F)cc1. The standard InChI is InChI=1S/C17H18ClF/c1-3-12(2)13-8-10-14(11-9-13)17(18)15-6-4-5-7-16(15)19/h4-12,17H,3H2,1-2H3. The van der Waals surface area contributed by atoms with Gasteiger partial charge in [0.05, 0.1) is 5.38 Å². The second kappa shape index (κ2) is 6.21. The molecule has 0 aliphatic heterocycles. The highest BCUT2D eigenvalue weighted by atomic mass is 35.5. The molecule has 2 atom stereocenters. The average Bonchev–Trinajstić information content (AvgIpc) is 2.46. The van der Waals surface area contributed by atoms with Gasteiger partial charge in [-0.15, -0.1) is 11.6 Å². The van der Waals surface area contributed by atoms with E-state index in [9.17, 15) is 4.39 Å². The van der Waals surface area contributed by atoms with Crippen LogP contribution in [0.4, 0.5) is 4.39 Å². The van der Waals surface area contributed by atoms with Crippen LogP contribution in [0.2, 0.25) is 0 Å². The molecule has 0 heterocycles. The topological polar surface area (TPSA) is 0 Å². The van der Waals surface area contributed by atoms with Gasteiger partial charge in [0.2, 0.25) is 0 Å². The first-order valence-electron chi connectivity index (χ1n) is 6.61. The highest BCUT2D eigenvalue weighted by Gasteiger charge is 2.14. The average molecular weight is 277 g/mol. The predicted molar refractivity (Wildman–Crippen MR) is 79.2 cm³/mol. The van der Waals surface area contributed by atoms with Gasteiger partial charge in [0, 0.05) is 5.56 Å². The van der Waals surface area contributed by atoms with E-state index in [1.165, 1.54) is 11.6 Å². The lowest BCUT2D eigenvalue weighted by molar-refractivity contribution is 0.612. The summed E-state index contributed by atoms with van der Waals surface area (Å²) in [7, 11) is 0. The molecule has 0 bridgehead atoms. The summed E-state index contributed by atoms with van der Waals surface area (Å²) in [5, 5.41) is -0.438. The van der Waals surface area contributed by atoms with Crippen molar-refractivity contribution in [2.24, 2.45) is 0 Å². The number of halogens is 2. The van der Waals surface area contributed by atoms with Gasteiger partial charge in [-0.05, 0) is 29.5 Å². The molecule has 100 valence electrons. The first-order chi connectivity index (χ1) is 9.13. The van der Waals surface area contributed by atoms with Gasteiger partial charge in [-0.2, -0.15) is 0 Å². The fourth-order valence-electron chi connectivity index (χ4n) is 2.09. The van der Waals surface area contributed by atoms with Gasteiger partial charge in [-0.3, -0.25) is 0 Å². The van der Waals surface area contributed by atoms with Crippen molar-refractivity contribution in [3.8, 4) is 0 Å². The van der Waals surface area contributed by atoms with Gasteiger partial charge >= 0.3 is 0 Å². The van der Waals surface area contributed by atoms with Gasteiger partial charge < -0.3 is 0 Å². The van der Waals surface area contributed by atoms with Gasteiger partial charge in [0.1, 0.15) is 5.82 Å². The summed E-state index contributed by atoms with van der Waals surface area (Å²) in [4.78, 5) is 0. The van der Waals surface area contributed by atoms with Crippen molar-refractivity contribution in [2.75, 3.05) is 0 Å². The summed E-state index contributed by atoms with van der Waals surface area (Å²) >= 11 is 6.36. The van der Waals surface area contributed by atoms with Crippen LogP contribution in [0.3, 0.4) is 0 Å². The van der Waals surface area contributed by atoms with Gasteiger partial charge in [-0.25, -0.2) is 4.39 Å². The Bertz CT molecular complexity index is 533. The number of alkyl halides is 1. The van der Waals surface area contributed by atoms with Crippen molar-refractivity contribution in [3.63, 3.8) is 0 Å². The lowest BCUT2D eigenvalue weighted by atomic mass is 9.96. The minimum atomic E-state index is -0.438. The van der Waals surface area contributed by atoms with Crippen LogP contribution in [-0.2, 0) is 0 Å². The molecule has 0 saturated heterocycles. The molecule has 2 unspecified atom stereocenters. The summed E-state index contributed by atoms with van der Waals surface area (Å²) < 4.78 is 13.7. The van der Waals surface area contributed by atoms with E-state index in [0.717, 1.165) is 12.0 Å². The zero-order valence-electron chi connectivity index (χ0n) is 11.2. The quantitative estimate of drug-likeness (QED) is 0.631. The molecule has 0 aliphatic carbocycles. The lowest BCUT2D eigenvalue weighted by Gasteiger charge is -2.14. The van der Waals surface area contributed by atoms with Crippen molar-refractivity contribution in [2.45, 2.75) is 31.6 Å². The maximum absolute atomic E-state index is 13.7. The van der Waals surface area contributed by atoms with Crippen LogP contribution in [0.5, 0.6) is 0 Å². The normalized spacial score (nSPS) is 14.1. The van der Waals surface area contributed by atoms with Crippen LogP contribution in [-0.4, -0.2) is 0 Å². The summed E-state index contributed by atoms with van der Waals surface area (Å²) in [5.41, 5.74) is 2.75. The Kier molecular flexibility index (Phi) is 4.60. The molecule has 0 saturated carbocycles. The molecule has 0 radical (unpaired) electrons. The van der Waals surface area contributed by atoms with E-state index in [0.29, 0.717) is 11.5 Å². The Balaban J connectivity index is 2.25. The van der Waals surface area contributed by atoms with Crippen molar-refractivity contribution >= 4 is 11.6 Å². The van der Waals surface area contributed by atoms with Crippen LogP contribution >= 0.6 is 11.6 Å². The van der Waals surface area contributed by atoms with E-state index < -0.39 is 5.38 Å². The maximum Gasteiger partial charge on any atom is 0.128 e. The largest absolute Gasteiger partial charge is 0.207 e. The first kappa shape index (κ1) is 14.1. The van der Waals surface area contributed by atoms with Crippen molar-refractivity contribution in [3.05, 3.63) is 71.0 Å². The van der Waals surface area contributed by atoms with E-state index >= 15 is 0 Å². The molecular formula is C17H18ClF. The number of rotatable bonds is 4. The number of benzene rings is 2. The van der Waals surface area contributed by atoms with E-state index in [-0.39, 0.29) is 5.82 Å². The number of hydrogen-bond acceptors (Lipinski definition) is 0. The van der Waals surface area contributed by atoms with Crippen molar-refractivity contribution < 1.29 is 4.39 Å². The van der Waals surface area contributed by atoms with Crippen LogP contribution < -0.4 is 0 Å². The molecule has 0 spiro atoms. The van der Waals surface area contributed by atoms with E-state index in [4.69, 9.17) is 11.6 Å². The van der Waals surface area contributed by atoms with E-state index in [1.54, 1.807) is 18.2 Å². The monoisotopic (exact) mass is 276 g/mol. The Morgan fingerprint density at radius 1 is 1.00 bits per heavy atom. The second-order valence-corrected chi connectivity index (χ2v) is 5.30. The van der Waals surface area contributed by atoms with Crippen molar-refractivity contribution in [1.29, 1.82) is 0 Å². The van der Waals surface area contributed by atoms with Crippen LogP contribution in [0, 0.1) is 5.82 Å². The molecule has 0 N–H and O–H groups in total. The smallest absolute Gasteiger partial charge is 0.128 e. The second-order valence-electron chi connectivity index (χ2n) is 4.86. The molecule has 2 rings (SSSR count). The molecular weight excluding hydrogens is 259 g/mol. The fourth-order valence-corrected chi connectivity index (χ4v) is 2.41. The van der Waals surface area contributed by atoms with Gasteiger partial charge in [0.25, 0.3) is 0 Å². The van der Waals surface area contributed by atoms with Crippen LogP contribution in [0.15, 0.2) is 48.5 Å². The third kappa shape index (κ3) is 3.16. The summed E-state index contributed by atoms with van der Waals surface area (Å²) in [5.74, 6) is 0.282. The van der Waals surface area contributed by atoms with Crippen LogP contribution in [0.25, 0.3) is 0 Å². The first-order valence-corrected chi connectivity index (χ1v) is 7.05. The Morgan fingerprint density at radius 2 is 1.58 bits per heavy atom. The molecule has 0 nitrogen and oxygen atoms in total. The van der Waals surface area contributed by atoms with E-state index in [1.807, 2.05) is 12.1 Å². The third-order valence-corrected chi connectivity index (χ3v) is 4.08. The predicted octanol–water partition coefficient (Wildman–Crippen LogP) is 5.67. The third-order valence-electron chi connectivity index (χ3n) is 3.59. The zero-order chi connectivity index (χ0) is 13.8. The number of hydrogen-bond donors (Lipinski definition) is 0. The minimum Gasteiger partial charge on any atom is -0.207 e. The highest BCUT2D eigenvalue weighted by molar-refractivity contribution is 6.22. The molecule has 0 fully saturated rings. The Hall–Kier alpha value is -1.34. The summed E-state index contributed by atoms with van der Waals surface area (Å²) in [6, 6.07) is 14.8. The summed E-state index contributed by atoms with van der Waals surface area (Å²) in [6.07, 6.45) is 1.11. The molecule has 19 heavy (non-hydrogen) atoms. The Morgan fingerprint density at radius 3 is 2.16 bits per heavy atom. The maximum atomic E-state index is 13.7. The van der Waals surface area contributed by atoms with Crippen LogP contribution in [0.1, 0.15) is 48.3 Å². The van der Waals surface area contributed by atoms with Gasteiger partial charge in [0.15, 0.2) is 0 Å². The minimum absolute atomic E-state index is 0.256. The highest BCUT2D eigenvalue weighted by Crippen LogP contribution is 2.31. The summed E-state index contributed by atoms with van der Waals surface area (Å²) in [6.45, 7) is 4.37. The molecule has 0 aromatic heterocycles. The zero-order valence-corrected chi connectivity index (χ0v) is 12.0. The molecule has 0 aliphatic rings. The molecule has 2 aromatic carbocycles. The van der Waals surface area contributed by atoms with Gasteiger partial charge in [-0.1, -0.05) is 56.3 Å². The fraction of sp³-hybridized carbons (Fsp3) is 0.294. The molecule has 0 amide bonds. The van der Waals surface area contributed by atoms with E-state index in [2.05, 4.69) is 26.0 Å². The molecule has 2 heteroatoms.